The highest BCUT2D eigenvalue weighted by Gasteiger charge is 2.70. The smallest absolute Gasteiger partial charge is 0.321 e. The zero-order chi connectivity index (χ0) is 17.5. The van der Waals surface area contributed by atoms with Crippen LogP contribution in [0.5, 0.6) is 0 Å². The molecule has 7 nitrogen and oxygen atoms in total. The third kappa shape index (κ3) is 1.96. The van der Waals surface area contributed by atoms with Crippen molar-refractivity contribution in [1.29, 1.82) is 0 Å². The minimum atomic E-state index is -1.19. The number of carbonyl (C=O) groups is 2. The van der Waals surface area contributed by atoms with Gasteiger partial charge >= 0.3 is 12.1 Å². The fourth-order valence-electron chi connectivity index (χ4n) is 3.86. The third-order valence-corrected chi connectivity index (χ3v) is 4.80. The maximum atomic E-state index is 12.8. The lowest BCUT2D eigenvalue weighted by Crippen LogP contribution is -2.62. The van der Waals surface area contributed by atoms with Crippen LogP contribution in [0.4, 0.5) is 9.59 Å². The third-order valence-electron chi connectivity index (χ3n) is 4.80. The Bertz CT molecular complexity index is 814. The molecule has 25 heavy (non-hydrogen) atoms. The number of hydrogen-bond acceptors (Lipinski definition) is 3. The molecule has 4 N–H and O–H groups in total. The first kappa shape index (κ1) is 15.5. The van der Waals surface area contributed by atoms with Crippen molar-refractivity contribution in [2.75, 3.05) is 13.2 Å². The molecule has 2 fully saturated rings. The van der Waals surface area contributed by atoms with Crippen molar-refractivity contribution in [3.63, 3.8) is 0 Å². The van der Waals surface area contributed by atoms with Gasteiger partial charge in [-0.3, -0.25) is 4.90 Å². The van der Waals surface area contributed by atoms with Crippen molar-refractivity contribution < 1.29 is 14.7 Å². The summed E-state index contributed by atoms with van der Waals surface area (Å²) in [6, 6.07) is 17.8. The topological polar surface area (TPSA) is 93.7 Å². The van der Waals surface area contributed by atoms with Crippen molar-refractivity contribution in [2.24, 2.45) is 0 Å². The van der Waals surface area contributed by atoms with Crippen molar-refractivity contribution >= 4 is 12.1 Å². The van der Waals surface area contributed by atoms with Crippen LogP contribution < -0.4 is 16.0 Å². The summed E-state index contributed by atoms with van der Waals surface area (Å²) in [5.74, 6) is 0. The normalized spacial score (nSPS) is 27.5. The molecule has 2 aromatic rings. The largest absolute Gasteiger partial charge is 0.395 e. The Morgan fingerprint density at radius 1 is 0.840 bits per heavy atom. The molecule has 0 aliphatic carbocycles. The summed E-state index contributed by atoms with van der Waals surface area (Å²) < 4.78 is 0. The summed E-state index contributed by atoms with van der Waals surface area (Å²) in [6.07, 6.45) is 0. The van der Waals surface area contributed by atoms with E-state index in [2.05, 4.69) is 16.0 Å². The zero-order valence-corrected chi connectivity index (χ0v) is 13.4. The fraction of sp³-hybridized carbons (Fsp3) is 0.222. The lowest BCUT2D eigenvalue weighted by atomic mass is 9.82. The van der Waals surface area contributed by atoms with Gasteiger partial charge in [0.25, 0.3) is 0 Å². The summed E-state index contributed by atoms with van der Waals surface area (Å²) >= 11 is 0. The van der Waals surface area contributed by atoms with Crippen LogP contribution in [0.1, 0.15) is 11.1 Å². The SMILES string of the molecule is O=C1NC2(c3ccccc3)NC(=O)N(CCO)C2(c2ccccc2)N1. The van der Waals surface area contributed by atoms with E-state index in [1.165, 1.54) is 4.90 Å². The molecule has 2 saturated heterocycles. The minimum absolute atomic E-state index is 0.0806. The van der Waals surface area contributed by atoms with Crippen LogP contribution in [0, 0.1) is 0 Å². The Morgan fingerprint density at radius 3 is 2.04 bits per heavy atom. The molecule has 0 bridgehead atoms. The lowest BCUT2D eigenvalue weighted by molar-refractivity contribution is 0.0682. The van der Waals surface area contributed by atoms with E-state index in [0.717, 1.165) is 11.1 Å². The number of rotatable bonds is 4. The van der Waals surface area contributed by atoms with Gasteiger partial charge in [-0.15, -0.1) is 0 Å². The van der Waals surface area contributed by atoms with Gasteiger partial charge < -0.3 is 21.1 Å². The highest BCUT2D eigenvalue weighted by atomic mass is 16.3. The lowest BCUT2D eigenvalue weighted by Gasteiger charge is -2.42. The van der Waals surface area contributed by atoms with Gasteiger partial charge in [-0.05, 0) is 0 Å². The number of aliphatic hydroxyl groups excluding tert-OH is 1. The highest BCUT2D eigenvalue weighted by Crippen LogP contribution is 2.48. The summed E-state index contributed by atoms with van der Waals surface area (Å²) in [4.78, 5) is 26.6. The number of β-amino-alcohol motifs (C(OH)–C–C–N with tert-alkyl or cyclic N) is 1. The van der Waals surface area contributed by atoms with Crippen molar-refractivity contribution in [3.8, 4) is 0 Å². The van der Waals surface area contributed by atoms with Crippen molar-refractivity contribution in [2.45, 2.75) is 11.3 Å². The van der Waals surface area contributed by atoms with Crippen LogP contribution in [-0.4, -0.2) is 35.2 Å². The average molecular weight is 338 g/mol. The highest BCUT2D eigenvalue weighted by molar-refractivity contribution is 5.89. The second-order valence-corrected chi connectivity index (χ2v) is 6.08. The van der Waals surface area contributed by atoms with Crippen LogP contribution in [0.25, 0.3) is 0 Å². The van der Waals surface area contributed by atoms with Crippen LogP contribution >= 0.6 is 0 Å². The molecule has 0 radical (unpaired) electrons. The van der Waals surface area contributed by atoms with Gasteiger partial charge in [0, 0.05) is 17.7 Å². The van der Waals surface area contributed by atoms with Crippen molar-refractivity contribution in [3.05, 3.63) is 71.8 Å². The predicted molar refractivity (Wildman–Crippen MR) is 90.2 cm³/mol. The predicted octanol–water partition coefficient (Wildman–Crippen LogP) is 1.02. The van der Waals surface area contributed by atoms with E-state index in [-0.39, 0.29) is 19.2 Å². The Labute approximate surface area is 144 Å². The van der Waals surface area contributed by atoms with E-state index in [1.807, 2.05) is 60.7 Å². The molecule has 4 amide bonds. The molecule has 0 spiro atoms. The van der Waals surface area contributed by atoms with E-state index >= 15 is 0 Å². The Morgan fingerprint density at radius 2 is 1.44 bits per heavy atom. The van der Waals surface area contributed by atoms with Gasteiger partial charge in [0.2, 0.25) is 0 Å². The van der Waals surface area contributed by atoms with Gasteiger partial charge in [-0.1, -0.05) is 60.7 Å². The van der Waals surface area contributed by atoms with Gasteiger partial charge in [0.05, 0.1) is 6.61 Å². The summed E-state index contributed by atoms with van der Waals surface area (Å²) in [6.45, 7) is -0.139. The van der Waals surface area contributed by atoms with E-state index in [0.29, 0.717) is 0 Å². The molecule has 2 aromatic carbocycles. The van der Waals surface area contributed by atoms with Gasteiger partial charge in [0.1, 0.15) is 0 Å². The molecule has 2 heterocycles. The van der Waals surface area contributed by atoms with Crippen LogP contribution in [0.3, 0.4) is 0 Å². The van der Waals surface area contributed by atoms with Gasteiger partial charge in [-0.2, -0.15) is 0 Å². The number of nitrogens with zero attached hydrogens (tertiary/aromatic N) is 1. The van der Waals surface area contributed by atoms with Crippen LogP contribution in [0.2, 0.25) is 0 Å². The first-order valence-electron chi connectivity index (χ1n) is 8.06. The van der Waals surface area contributed by atoms with E-state index in [1.54, 1.807) is 0 Å². The summed E-state index contributed by atoms with van der Waals surface area (Å²) in [7, 11) is 0. The number of urea groups is 2. The first-order chi connectivity index (χ1) is 12.1. The minimum Gasteiger partial charge on any atom is -0.395 e. The first-order valence-corrected chi connectivity index (χ1v) is 8.06. The quantitative estimate of drug-likeness (QED) is 0.671. The molecule has 128 valence electrons. The fourth-order valence-corrected chi connectivity index (χ4v) is 3.86. The Hall–Kier alpha value is -3.06. The maximum Gasteiger partial charge on any atom is 0.321 e. The molecule has 4 rings (SSSR count). The van der Waals surface area contributed by atoms with Crippen LogP contribution in [0.15, 0.2) is 60.7 Å². The molecule has 2 aliphatic rings. The Balaban J connectivity index is 2.00. The average Bonchev–Trinajstić information content (AvgIpc) is 3.06. The summed E-state index contributed by atoms with van der Waals surface area (Å²) in [5.41, 5.74) is -0.888. The molecule has 0 saturated carbocycles. The number of nitrogens with one attached hydrogen (secondary N) is 3. The number of fused-ring (bicyclic) bond motifs is 1. The molecule has 2 atom stereocenters. The standard InChI is InChI=1S/C18H18N4O3/c23-12-11-22-16(25)21-17(13-7-3-1-4-8-13)18(22,20-15(24)19-17)14-9-5-2-6-10-14/h1-10,23H,11-12H2,(H,21,25)(H2,19,20,24). The summed E-state index contributed by atoms with van der Waals surface area (Å²) in [5, 5.41) is 18.3. The van der Waals surface area contributed by atoms with Gasteiger partial charge in [0.15, 0.2) is 11.3 Å². The van der Waals surface area contributed by atoms with Crippen LogP contribution in [-0.2, 0) is 11.3 Å². The monoisotopic (exact) mass is 338 g/mol. The number of hydrogen-bond donors (Lipinski definition) is 4. The second-order valence-electron chi connectivity index (χ2n) is 6.08. The molecule has 0 aromatic heterocycles. The molecular weight excluding hydrogens is 320 g/mol. The molecular formula is C18H18N4O3. The van der Waals surface area contributed by atoms with E-state index in [4.69, 9.17) is 0 Å². The maximum absolute atomic E-state index is 12.8. The van der Waals surface area contributed by atoms with Crippen molar-refractivity contribution in [1.82, 2.24) is 20.9 Å². The van der Waals surface area contributed by atoms with E-state index in [9.17, 15) is 14.7 Å². The molecule has 2 aliphatic heterocycles. The molecule has 2 unspecified atom stereocenters. The number of carbonyl (C=O) groups excluding carboxylic acids is 2. The van der Waals surface area contributed by atoms with Gasteiger partial charge in [-0.25, -0.2) is 9.59 Å². The number of benzene rings is 2. The zero-order valence-electron chi connectivity index (χ0n) is 13.4. The Kier molecular flexibility index (Phi) is 3.40. The number of aliphatic hydroxyl groups is 1. The second kappa shape index (κ2) is 5.49. The molecule has 7 heteroatoms. The van der Waals surface area contributed by atoms with E-state index < -0.39 is 17.4 Å². The number of amides is 4.